The number of aliphatic hydroxyl groups excluding tert-OH is 1. The molecule has 0 aliphatic heterocycles. The van der Waals surface area contributed by atoms with Gasteiger partial charge in [-0.3, -0.25) is 0 Å². The van der Waals surface area contributed by atoms with Crippen molar-refractivity contribution in [2.24, 2.45) is 11.7 Å². The van der Waals surface area contributed by atoms with Gasteiger partial charge in [0, 0.05) is 12.5 Å². The van der Waals surface area contributed by atoms with Crippen molar-refractivity contribution in [3.63, 3.8) is 0 Å². The molecule has 86 valence electrons. The van der Waals surface area contributed by atoms with Crippen LogP contribution in [0.3, 0.4) is 0 Å². The second-order valence-electron chi connectivity index (χ2n) is 4.01. The van der Waals surface area contributed by atoms with E-state index in [1.54, 1.807) is 6.92 Å². The van der Waals surface area contributed by atoms with E-state index < -0.39 is 6.10 Å². The minimum Gasteiger partial charge on any atom is -0.386 e. The summed E-state index contributed by atoms with van der Waals surface area (Å²) in [5.74, 6) is 0.680. The Morgan fingerprint density at radius 3 is 2.67 bits per heavy atom. The number of aromatic nitrogens is 2. The molecule has 4 nitrogen and oxygen atoms in total. The van der Waals surface area contributed by atoms with Crippen molar-refractivity contribution in [2.45, 2.75) is 38.3 Å². The number of hydrogen-bond donors (Lipinski definition) is 2. The maximum Gasteiger partial charge on any atom is 0.145 e. The fraction of sp³-hybridized carbons (Fsp3) is 0.778. The topological polar surface area (TPSA) is 72.0 Å². The van der Waals surface area contributed by atoms with Crippen LogP contribution in [0.2, 0.25) is 0 Å². The van der Waals surface area contributed by atoms with Crippen molar-refractivity contribution in [1.29, 1.82) is 0 Å². The summed E-state index contributed by atoms with van der Waals surface area (Å²) in [5, 5.41) is 19.0. The molecule has 0 aromatic carbocycles. The predicted molar refractivity (Wildman–Crippen MR) is 62.2 cm³/mol. The maximum atomic E-state index is 9.27. The molecule has 1 heterocycles. The average molecular weight is 250 g/mol. The van der Waals surface area contributed by atoms with Gasteiger partial charge in [-0.2, -0.15) is 0 Å². The van der Waals surface area contributed by atoms with Crippen LogP contribution < -0.4 is 5.73 Å². The number of hydrogen-bond acceptors (Lipinski definition) is 5. The normalized spacial score (nSPS) is 26.6. The second-order valence-corrected chi connectivity index (χ2v) is 5.11. The standard InChI is InChI=1S/C9H15N3OS.ClH/c1-5(13)9-12-11-8(14-9)4-6-2-7(10)3-6;/h5-7,13H,2-4,10H2,1H3;1H. The summed E-state index contributed by atoms with van der Waals surface area (Å²) in [6.07, 6.45) is 2.68. The first-order valence-electron chi connectivity index (χ1n) is 4.91. The van der Waals surface area contributed by atoms with E-state index in [9.17, 15) is 5.11 Å². The Kier molecular flexibility index (Phi) is 4.45. The quantitative estimate of drug-likeness (QED) is 0.847. The highest BCUT2D eigenvalue weighted by Crippen LogP contribution is 2.30. The maximum absolute atomic E-state index is 9.27. The van der Waals surface area contributed by atoms with E-state index in [0.29, 0.717) is 17.0 Å². The summed E-state index contributed by atoms with van der Waals surface area (Å²) >= 11 is 1.51. The lowest BCUT2D eigenvalue weighted by molar-refractivity contribution is 0.198. The molecule has 0 amide bonds. The first-order valence-corrected chi connectivity index (χ1v) is 5.72. The van der Waals surface area contributed by atoms with Crippen LogP contribution in [0.5, 0.6) is 0 Å². The van der Waals surface area contributed by atoms with Crippen LogP contribution in [-0.4, -0.2) is 21.3 Å². The first kappa shape index (κ1) is 12.8. The largest absolute Gasteiger partial charge is 0.386 e. The van der Waals surface area contributed by atoms with Gasteiger partial charge < -0.3 is 10.8 Å². The molecule has 0 radical (unpaired) electrons. The summed E-state index contributed by atoms with van der Waals surface area (Å²) in [5.41, 5.74) is 5.70. The third-order valence-corrected chi connectivity index (χ3v) is 3.69. The summed E-state index contributed by atoms with van der Waals surface area (Å²) in [6, 6.07) is 0.393. The smallest absolute Gasteiger partial charge is 0.145 e. The molecule has 1 aromatic rings. The Morgan fingerprint density at radius 2 is 2.20 bits per heavy atom. The first-order chi connectivity index (χ1) is 6.65. The summed E-state index contributed by atoms with van der Waals surface area (Å²) in [7, 11) is 0. The minimum atomic E-state index is -0.495. The molecule has 2 rings (SSSR count). The van der Waals surface area contributed by atoms with Gasteiger partial charge in [0.25, 0.3) is 0 Å². The fourth-order valence-electron chi connectivity index (χ4n) is 1.72. The van der Waals surface area contributed by atoms with Gasteiger partial charge in [-0.15, -0.1) is 22.6 Å². The van der Waals surface area contributed by atoms with Crippen LogP contribution in [0.25, 0.3) is 0 Å². The molecule has 1 aliphatic rings. The van der Waals surface area contributed by atoms with Crippen molar-refractivity contribution in [1.82, 2.24) is 10.2 Å². The molecule has 6 heteroatoms. The van der Waals surface area contributed by atoms with Crippen molar-refractivity contribution >= 4 is 23.7 Å². The molecule has 3 N–H and O–H groups in total. The highest BCUT2D eigenvalue weighted by molar-refractivity contribution is 7.11. The molecule has 1 fully saturated rings. The van der Waals surface area contributed by atoms with Gasteiger partial charge in [0.1, 0.15) is 16.1 Å². The SMILES string of the molecule is CC(O)c1nnc(CC2CC(N)C2)s1.Cl. The Hall–Kier alpha value is -0.230. The van der Waals surface area contributed by atoms with Gasteiger partial charge in [-0.05, 0) is 25.7 Å². The van der Waals surface area contributed by atoms with E-state index in [1.807, 2.05) is 0 Å². The van der Waals surface area contributed by atoms with Gasteiger partial charge in [0.05, 0.1) is 0 Å². The third-order valence-electron chi connectivity index (χ3n) is 2.58. The molecule has 0 spiro atoms. The van der Waals surface area contributed by atoms with E-state index in [4.69, 9.17) is 5.73 Å². The lowest BCUT2D eigenvalue weighted by Crippen LogP contribution is -2.37. The number of nitrogens with zero attached hydrogens (tertiary/aromatic N) is 2. The lowest BCUT2D eigenvalue weighted by Gasteiger charge is -2.31. The third kappa shape index (κ3) is 3.11. The Bertz CT molecular complexity index is 312. The van der Waals surface area contributed by atoms with Crippen LogP contribution in [0, 0.1) is 5.92 Å². The predicted octanol–water partition coefficient (Wildman–Crippen LogP) is 1.29. The van der Waals surface area contributed by atoms with Crippen molar-refractivity contribution in [3.05, 3.63) is 10.0 Å². The zero-order valence-corrected chi connectivity index (χ0v) is 10.2. The van der Waals surface area contributed by atoms with Gasteiger partial charge in [-0.25, -0.2) is 0 Å². The Labute approximate surface area is 99.3 Å². The fourth-order valence-corrected chi connectivity index (χ4v) is 2.61. The lowest BCUT2D eigenvalue weighted by atomic mass is 9.79. The molecule has 15 heavy (non-hydrogen) atoms. The summed E-state index contributed by atoms with van der Waals surface area (Å²) < 4.78 is 0. The van der Waals surface area contributed by atoms with E-state index in [-0.39, 0.29) is 12.4 Å². The number of halogens is 1. The van der Waals surface area contributed by atoms with Gasteiger partial charge >= 0.3 is 0 Å². The number of nitrogens with two attached hydrogens (primary N) is 1. The van der Waals surface area contributed by atoms with Crippen LogP contribution in [0.15, 0.2) is 0 Å². The van der Waals surface area contributed by atoms with E-state index in [2.05, 4.69) is 10.2 Å². The Morgan fingerprint density at radius 1 is 1.53 bits per heavy atom. The van der Waals surface area contributed by atoms with Gasteiger partial charge in [0.2, 0.25) is 0 Å². The van der Waals surface area contributed by atoms with E-state index in [0.717, 1.165) is 24.3 Å². The minimum absolute atomic E-state index is 0. The van der Waals surface area contributed by atoms with Crippen LogP contribution in [0.1, 0.15) is 35.9 Å². The van der Waals surface area contributed by atoms with Crippen molar-refractivity contribution in [2.75, 3.05) is 0 Å². The zero-order chi connectivity index (χ0) is 10.1. The molecular weight excluding hydrogens is 234 g/mol. The van der Waals surface area contributed by atoms with Crippen LogP contribution >= 0.6 is 23.7 Å². The molecule has 1 unspecified atom stereocenters. The van der Waals surface area contributed by atoms with Crippen LogP contribution in [-0.2, 0) is 6.42 Å². The monoisotopic (exact) mass is 249 g/mol. The molecule has 0 bridgehead atoms. The van der Waals surface area contributed by atoms with Crippen molar-refractivity contribution in [3.8, 4) is 0 Å². The zero-order valence-electron chi connectivity index (χ0n) is 8.59. The highest BCUT2D eigenvalue weighted by atomic mass is 35.5. The van der Waals surface area contributed by atoms with E-state index in [1.165, 1.54) is 11.3 Å². The van der Waals surface area contributed by atoms with Crippen molar-refractivity contribution < 1.29 is 5.11 Å². The molecule has 0 saturated heterocycles. The average Bonchev–Trinajstić information content (AvgIpc) is 2.50. The summed E-state index contributed by atoms with van der Waals surface area (Å²) in [6.45, 7) is 1.71. The Balaban J connectivity index is 0.00000112. The molecule has 1 saturated carbocycles. The highest BCUT2D eigenvalue weighted by Gasteiger charge is 2.27. The number of rotatable bonds is 3. The second kappa shape index (κ2) is 5.21. The summed E-state index contributed by atoms with van der Waals surface area (Å²) in [4.78, 5) is 0. The molecule has 1 aliphatic carbocycles. The molecule has 1 atom stereocenters. The van der Waals surface area contributed by atoms with E-state index >= 15 is 0 Å². The molecule has 1 aromatic heterocycles. The van der Waals surface area contributed by atoms with Crippen LogP contribution in [0.4, 0.5) is 0 Å². The van der Waals surface area contributed by atoms with Gasteiger partial charge in [-0.1, -0.05) is 11.3 Å². The molecular formula is C9H16ClN3OS. The number of aliphatic hydroxyl groups is 1. The van der Waals surface area contributed by atoms with Gasteiger partial charge in [0.15, 0.2) is 0 Å².